The summed E-state index contributed by atoms with van der Waals surface area (Å²) in [5.74, 6) is 0. The van der Waals surface area contributed by atoms with Gasteiger partial charge in [0.05, 0.1) is 11.7 Å². The number of carbonyl (C=O) groups excluding carboxylic acids is 1. The van der Waals surface area contributed by atoms with Gasteiger partial charge in [-0.25, -0.2) is 0 Å². The third kappa shape index (κ3) is 1.54. The lowest BCUT2D eigenvalue weighted by Crippen LogP contribution is -2.21. The van der Waals surface area contributed by atoms with Gasteiger partial charge in [-0.1, -0.05) is 6.07 Å². The molecule has 1 aromatic rings. The van der Waals surface area contributed by atoms with Gasteiger partial charge in [-0.2, -0.15) is 0 Å². The molecule has 1 aromatic heterocycles. The van der Waals surface area contributed by atoms with Crippen LogP contribution >= 0.6 is 0 Å². The second-order valence-corrected chi connectivity index (χ2v) is 3.26. The zero-order valence-corrected chi connectivity index (χ0v) is 7.39. The highest BCUT2D eigenvalue weighted by Gasteiger charge is 2.24. The summed E-state index contributed by atoms with van der Waals surface area (Å²) < 4.78 is 0. The summed E-state index contributed by atoms with van der Waals surface area (Å²) >= 11 is 0. The molecule has 0 saturated carbocycles. The fourth-order valence-electron chi connectivity index (χ4n) is 1.81. The van der Waals surface area contributed by atoms with Crippen molar-refractivity contribution in [1.82, 2.24) is 9.88 Å². The molecule has 68 valence electrons. The normalized spacial score (nSPS) is 21.8. The molecule has 1 aliphatic rings. The summed E-state index contributed by atoms with van der Waals surface area (Å²) in [4.78, 5) is 16.8. The van der Waals surface area contributed by atoms with Gasteiger partial charge in [-0.15, -0.1) is 0 Å². The Hall–Kier alpha value is -1.38. The molecule has 0 aliphatic carbocycles. The van der Waals surface area contributed by atoms with E-state index in [4.69, 9.17) is 0 Å². The third-order valence-corrected chi connectivity index (χ3v) is 2.46. The lowest BCUT2D eigenvalue weighted by atomic mass is 10.1. The number of hydrogen-bond donors (Lipinski definition) is 0. The van der Waals surface area contributed by atoms with Crippen molar-refractivity contribution >= 4 is 6.41 Å². The number of hydrogen-bond acceptors (Lipinski definition) is 2. The van der Waals surface area contributed by atoms with Gasteiger partial charge in [0.1, 0.15) is 0 Å². The summed E-state index contributed by atoms with van der Waals surface area (Å²) in [6.07, 6.45) is 4.82. The van der Waals surface area contributed by atoms with Gasteiger partial charge >= 0.3 is 0 Å². The maximum Gasteiger partial charge on any atom is 0.210 e. The maximum absolute atomic E-state index is 10.7. The first-order chi connectivity index (χ1) is 6.42. The topological polar surface area (TPSA) is 33.2 Å². The predicted octanol–water partition coefficient (Wildman–Crippen LogP) is 1.37. The summed E-state index contributed by atoms with van der Waals surface area (Å²) in [6, 6.07) is 6.04. The minimum atomic E-state index is 0.207. The van der Waals surface area contributed by atoms with E-state index >= 15 is 0 Å². The highest BCUT2D eigenvalue weighted by Crippen LogP contribution is 2.28. The highest BCUT2D eigenvalue weighted by molar-refractivity contribution is 5.49. The van der Waals surface area contributed by atoms with Crippen LogP contribution in [0.5, 0.6) is 0 Å². The van der Waals surface area contributed by atoms with Crippen LogP contribution in [0, 0.1) is 0 Å². The second kappa shape index (κ2) is 3.56. The van der Waals surface area contributed by atoms with Gasteiger partial charge in [0.2, 0.25) is 6.41 Å². The summed E-state index contributed by atoms with van der Waals surface area (Å²) in [5, 5.41) is 0. The number of likely N-dealkylation sites (tertiary alicyclic amines) is 1. The van der Waals surface area contributed by atoms with E-state index in [-0.39, 0.29) is 6.04 Å². The van der Waals surface area contributed by atoms with E-state index in [1.54, 1.807) is 6.20 Å². The van der Waals surface area contributed by atoms with Crippen LogP contribution < -0.4 is 0 Å². The molecule has 3 heteroatoms. The molecule has 1 atom stereocenters. The Morgan fingerprint density at radius 1 is 1.54 bits per heavy atom. The Labute approximate surface area is 77.4 Å². The maximum atomic E-state index is 10.7. The Morgan fingerprint density at radius 2 is 2.46 bits per heavy atom. The van der Waals surface area contributed by atoms with Gasteiger partial charge in [0.15, 0.2) is 0 Å². The van der Waals surface area contributed by atoms with Gasteiger partial charge in [0, 0.05) is 12.7 Å². The molecule has 0 N–H and O–H groups in total. The molecular formula is C10H12N2O. The zero-order chi connectivity index (χ0) is 9.10. The van der Waals surface area contributed by atoms with Crippen LogP contribution in [0.15, 0.2) is 24.4 Å². The average molecular weight is 176 g/mol. The molecule has 1 amide bonds. The first kappa shape index (κ1) is 8.23. The van der Waals surface area contributed by atoms with E-state index in [0.717, 1.165) is 31.5 Å². The fraction of sp³-hybridized carbons (Fsp3) is 0.400. The van der Waals surface area contributed by atoms with E-state index < -0.39 is 0 Å². The van der Waals surface area contributed by atoms with Crippen molar-refractivity contribution < 1.29 is 4.79 Å². The van der Waals surface area contributed by atoms with E-state index in [1.165, 1.54) is 0 Å². The van der Waals surface area contributed by atoms with Gasteiger partial charge in [-0.05, 0) is 25.0 Å². The zero-order valence-electron chi connectivity index (χ0n) is 7.39. The summed E-state index contributed by atoms with van der Waals surface area (Å²) in [5.41, 5.74) is 1.01. The molecule has 1 aliphatic heterocycles. The van der Waals surface area contributed by atoms with Crippen LogP contribution in [0.25, 0.3) is 0 Å². The summed E-state index contributed by atoms with van der Waals surface area (Å²) in [7, 11) is 0. The van der Waals surface area contributed by atoms with Crippen LogP contribution in [-0.2, 0) is 4.79 Å². The first-order valence-electron chi connectivity index (χ1n) is 4.54. The number of carbonyl (C=O) groups is 1. The van der Waals surface area contributed by atoms with Crippen LogP contribution in [-0.4, -0.2) is 22.8 Å². The van der Waals surface area contributed by atoms with Gasteiger partial charge in [-0.3, -0.25) is 9.78 Å². The minimum Gasteiger partial charge on any atom is -0.337 e. The largest absolute Gasteiger partial charge is 0.337 e. The Bertz CT molecular complexity index is 286. The molecular weight excluding hydrogens is 164 g/mol. The third-order valence-electron chi connectivity index (χ3n) is 2.46. The molecule has 0 aromatic carbocycles. The molecule has 2 rings (SSSR count). The fourth-order valence-corrected chi connectivity index (χ4v) is 1.81. The van der Waals surface area contributed by atoms with Crippen molar-refractivity contribution in [3.63, 3.8) is 0 Å². The number of aromatic nitrogens is 1. The van der Waals surface area contributed by atoms with Crippen molar-refractivity contribution in [2.45, 2.75) is 18.9 Å². The van der Waals surface area contributed by atoms with Crippen LogP contribution in [0.4, 0.5) is 0 Å². The molecule has 0 unspecified atom stereocenters. The quantitative estimate of drug-likeness (QED) is 0.638. The Balaban J connectivity index is 2.21. The van der Waals surface area contributed by atoms with Crippen molar-refractivity contribution in [3.8, 4) is 0 Å². The van der Waals surface area contributed by atoms with Crippen LogP contribution in [0.2, 0.25) is 0 Å². The van der Waals surface area contributed by atoms with Crippen LogP contribution in [0.1, 0.15) is 24.6 Å². The SMILES string of the molecule is O=CN1CCC[C@@H]1c1ccccn1. The smallest absolute Gasteiger partial charge is 0.210 e. The Morgan fingerprint density at radius 3 is 3.15 bits per heavy atom. The lowest BCUT2D eigenvalue weighted by molar-refractivity contribution is -0.119. The highest BCUT2D eigenvalue weighted by atomic mass is 16.1. The Kier molecular flexibility index (Phi) is 2.25. The van der Waals surface area contributed by atoms with E-state index in [2.05, 4.69) is 4.98 Å². The van der Waals surface area contributed by atoms with Crippen molar-refractivity contribution in [1.29, 1.82) is 0 Å². The molecule has 0 radical (unpaired) electrons. The molecule has 2 heterocycles. The molecule has 1 saturated heterocycles. The van der Waals surface area contributed by atoms with E-state index in [9.17, 15) is 4.79 Å². The van der Waals surface area contributed by atoms with E-state index in [0.29, 0.717) is 0 Å². The summed E-state index contributed by atoms with van der Waals surface area (Å²) in [6.45, 7) is 0.866. The first-order valence-corrected chi connectivity index (χ1v) is 4.54. The molecule has 13 heavy (non-hydrogen) atoms. The van der Waals surface area contributed by atoms with Gasteiger partial charge in [0.25, 0.3) is 0 Å². The minimum absolute atomic E-state index is 0.207. The number of amides is 1. The molecule has 1 fully saturated rings. The predicted molar refractivity (Wildman–Crippen MR) is 49.0 cm³/mol. The second-order valence-electron chi connectivity index (χ2n) is 3.26. The number of nitrogens with zero attached hydrogens (tertiary/aromatic N) is 2. The monoisotopic (exact) mass is 176 g/mol. The number of rotatable bonds is 2. The van der Waals surface area contributed by atoms with Gasteiger partial charge < -0.3 is 4.90 Å². The van der Waals surface area contributed by atoms with Crippen molar-refractivity contribution in [2.75, 3.05) is 6.54 Å². The molecule has 0 spiro atoms. The van der Waals surface area contributed by atoms with Crippen LogP contribution in [0.3, 0.4) is 0 Å². The molecule has 3 nitrogen and oxygen atoms in total. The number of pyridine rings is 1. The standard InChI is InChI=1S/C10H12N2O/c13-8-12-7-3-5-10(12)9-4-1-2-6-11-9/h1-2,4,6,8,10H,3,5,7H2/t10-/m1/s1. The molecule has 0 bridgehead atoms. The van der Waals surface area contributed by atoms with Crippen molar-refractivity contribution in [2.24, 2.45) is 0 Å². The average Bonchev–Trinajstić information content (AvgIpc) is 2.67. The lowest BCUT2D eigenvalue weighted by Gasteiger charge is -2.18. The van der Waals surface area contributed by atoms with Crippen molar-refractivity contribution in [3.05, 3.63) is 30.1 Å². The van der Waals surface area contributed by atoms with E-state index in [1.807, 2.05) is 23.1 Å².